The molecule has 0 unspecified atom stereocenters. The highest BCUT2D eigenvalue weighted by Gasteiger charge is 2.33. The second-order valence-electron chi connectivity index (χ2n) is 5.32. The van der Waals surface area contributed by atoms with Crippen LogP contribution in [0.1, 0.15) is 5.69 Å². The summed E-state index contributed by atoms with van der Waals surface area (Å²) < 4.78 is 41.8. The van der Waals surface area contributed by atoms with Crippen LogP contribution in [0.3, 0.4) is 0 Å². The number of aromatic nitrogens is 6. The van der Waals surface area contributed by atoms with E-state index in [1.165, 1.54) is 31.0 Å². The molecule has 0 aromatic carbocycles. The van der Waals surface area contributed by atoms with Gasteiger partial charge in [0.05, 0.1) is 18.0 Å². The molecule has 4 aromatic rings. The molecule has 0 bridgehead atoms. The number of hydrogen-bond acceptors (Lipinski definition) is 5. The molecule has 0 fully saturated rings. The van der Waals surface area contributed by atoms with E-state index in [2.05, 4.69) is 19.9 Å². The van der Waals surface area contributed by atoms with Gasteiger partial charge in [0.2, 0.25) is 0 Å². The molecule has 0 amide bonds. The van der Waals surface area contributed by atoms with Crippen molar-refractivity contribution in [1.82, 2.24) is 29.1 Å². The van der Waals surface area contributed by atoms with Crippen LogP contribution >= 0.6 is 0 Å². The predicted molar refractivity (Wildman–Crippen MR) is 82.2 cm³/mol. The van der Waals surface area contributed by atoms with Gasteiger partial charge in [-0.1, -0.05) is 0 Å². The van der Waals surface area contributed by atoms with E-state index in [0.29, 0.717) is 10.9 Å². The average molecular weight is 346 g/mol. The molecule has 10 heteroatoms. The van der Waals surface area contributed by atoms with Gasteiger partial charge in [-0.2, -0.15) is 13.2 Å². The van der Waals surface area contributed by atoms with E-state index in [1.807, 2.05) is 0 Å². The topological polar surface area (TPSA) is 78.5 Å². The third-order valence-corrected chi connectivity index (χ3v) is 3.75. The van der Waals surface area contributed by atoms with Crippen molar-refractivity contribution in [2.24, 2.45) is 7.05 Å². The standard InChI is InChI=1S/C15H9F3N6O/c1-23-7-21-11-12(23)8-2-3-9(15(16,17)18)22-13(8)24(14(11)25)10-6-19-4-5-20-10/h2-7H,1H3. The molecule has 0 aliphatic rings. The zero-order valence-corrected chi connectivity index (χ0v) is 12.7. The van der Waals surface area contributed by atoms with Crippen LogP contribution in [0.5, 0.6) is 0 Å². The van der Waals surface area contributed by atoms with Gasteiger partial charge >= 0.3 is 6.18 Å². The van der Waals surface area contributed by atoms with E-state index in [1.54, 1.807) is 11.6 Å². The van der Waals surface area contributed by atoms with Crippen LogP contribution in [0, 0.1) is 0 Å². The van der Waals surface area contributed by atoms with Crippen LogP contribution in [0.2, 0.25) is 0 Å². The fourth-order valence-electron chi connectivity index (χ4n) is 2.69. The number of pyridine rings is 2. The average Bonchev–Trinajstić information content (AvgIpc) is 2.97. The SMILES string of the molecule is Cn1cnc2c(=O)n(-c3cnccn3)c3nc(C(F)(F)F)ccc3c21. The van der Waals surface area contributed by atoms with E-state index >= 15 is 0 Å². The molecule has 0 aliphatic heterocycles. The molecular formula is C15H9F3N6O. The van der Waals surface area contributed by atoms with E-state index in [4.69, 9.17) is 0 Å². The minimum absolute atomic E-state index is 0.0666. The summed E-state index contributed by atoms with van der Waals surface area (Å²) in [6, 6.07) is 2.15. The Kier molecular flexibility index (Phi) is 3.11. The number of imidazole rings is 1. The fraction of sp³-hybridized carbons (Fsp3) is 0.133. The van der Waals surface area contributed by atoms with Crippen LogP contribution in [0.4, 0.5) is 13.2 Å². The van der Waals surface area contributed by atoms with Crippen molar-refractivity contribution in [2.75, 3.05) is 0 Å². The first-order valence-electron chi connectivity index (χ1n) is 7.08. The van der Waals surface area contributed by atoms with Crippen molar-refractivity contribution >= 4 is 22.1 Å². The van der Waals surface area contributed by atoms with E-state index in [9.17, 15) is 18.0 Å². The molecule has 0 spiro atoms. The predicted octanol–water partition coefficient (Wildman–Crippen LogP) is 2.08. The quantitative estimate of drug-likeness (QED) is 0.527. The Hall–Kier alpha value is -3.30. The van der Waals surface area contributed by atoms with Gasteiger partial charge < -0.3 is 4.57 Å². The lowest BCUT2D eigenvalue weighted by atomic mass is 10.2. The normalized spacial score (nSPS) is 12.2. The molecule has 0 N–H and O–H groups in total. The summed E-state index contributed by atoms with van der Waals surface area (Å²) in [5, 5.41) is 0.355. The molecular weight excluding hydrogens is 337 g/mol. The lowest BCUT2D eigenvalue weighted by Crippen LogP contribution is -2.22. The third-order valence-electron chi connectivity index (χ3n) is 3.75. The summed E-state index contributed by atoms with van der Waals surface area (Å²) in [5.74, 6) is 0.0666. The van der Waals surface area contributed by atoms with E-state index < -0.39 is 17.4 Å². The highest BCUT2D eigenvalue weighted by molar-refractivity contribution is 6.01. The van der Waals surface area contributed by atoms with Crippen molar-refractivity contribution in [3.8, 4) is 5.82 Å². The zero-order valence-electron chi connectivity index (χ0n) is 12.7. The van der Waals surface area contributed by atoms with Crippen molar-refractivity contribution in [3.05, 3.63) is 53.1 Å². The van der Waals surface area contributed by atoms with Crippen molar-refractivity contribution in [2.45, 2.75) is 6.18 Å². The maximum absolute atomic E-state index is 13.1. The van der Waals surface area contributed by atoms with E-state index in [0.717, 1.165) is 10.6 Å². The van der Waals surface area contributed by atoms with Crippen molar-refractivity contribution in [3.63, 3.8) is 0 Å². The highest BCUT2D eigenvalue weighted by atomic mass is 19.4. The van der Waals surface area contributed by atoms with Crippen LogP contribution in [0.25, 0.3) is 27.9 Å². The Morgan fingerprint density at radius 3 is 2.60 bits per heavy atom. The highest BCUT2D eigenvalue weighted by Crippen LogP contribution is 2.30. The van der Waals surface area contributed by atoms with Crippen LogP contribution in [0.15, 0.2) is 41.8 Å². The number of nitrogens with zero attached hydrogens (tertiary/aromatic N) is 6. The first-order chi connectivity index (χ1) is 11.9. The van der Waals surface area contributed by atoms with Gasteiger partial charge in [-0.25, -0.2) is 19.5 Å². The molecule has 4 rings (SSSR count). The number of aryl methyl sites for hydroxylation is 1. The van der Waals surface area contributed by atoms with Gasteiger partial charge in [0, 0.05) is 24.8 Å². The molecule has 25 heavy (non-hydrogen) atoms. The van der Waals surface area contributed by atoms with E-state index in [-0.39, 0.29) is 17.0 Å². The Bertz CT molecular complexity index is 1160. The summed E-state index contributed by atoms with van der Waals surface area (Å²) in [6.07, 6.45) is 0.787. The summed E-state index contributed by atoms with van der Waals surface area (Å²) in [4.78, 5) is 28.4. The molecule has 0 aliphatic carbocycles. The maximum Gasteiger partial charge on any atom is 0.433 e. The summed E-state index contributed by atoms with van der Waals surface area (Å²) in [6.45, 7) is 0. The summed E-state index contributed by atoms with van der Waals surface area (Å²) in [5.41, 5.74) is -1.35. The zero-order chi connectivity index (χ0) is 17.8. The molecule has 0 saturated heterocycles. The number of halogens is 3. The molecule has 0 radical (unpaired) electrons. The maximum atomic E-state index is 13.1. The molecule has 0 atom stereocenters. The largest absolute Gasteiger partial charge is 0.433 e. The monoisotopic (exact) mass is 346 g/mol. The molecule has 0 saturated carbocycles. The second-order valence-corrected chi connectivity index (χ2v) is 5.32. The van der Waals surface area contributed by atoms with Crippen molar-refractivity contribution in [1.29, 1.82) is 0 Å². The minimum atomic E-state index is -4.64. The number of rotatable bonds is 1. The third kappa shape index (κ3) is 2.25. The van der Waals surface area contributed by atoms with Crippen LogP contribution < -0.4 is 5.56 Å². The summed E-state index contributed by atoms with van der Waals surface area (Å²) >= 11 is 0. The lowest BCUT2D eigenvalue weighted by molar-refractivity contribution is -0.141. The van der Waals surface area contributed by atoms with Crippen LogP contribution in [-0.2, 0) is 13.2 Å². The van der Waals surface area contributed by atoms with Gasteiger partial charge in [-0.15, -0.1) is 0 Å². The first-order valence-corrected chi connectivity index (χ1v) is 7.08. The lowest BCUT2D eigenvalue weighted by Gasteiger charge is -2.12. The summed E-state index contributed by atoms with van der Waals surface area (Å²) in [7, 11) is 1.65. The second kappa shape index (κ2) is 5.10. The van der Waals surface area contributed by atoms with Gasteiger partial charge in [0.1, 0.15) is 5.69 Å². The van der Waals surface area contributed by atoms with Gasteiger partial charge in [0.15, 0.2) is 17.0 Å². The van der Waals surface area contributed by atoms with Crippen LogP contribution in [-0.4, -0.2) is 29.1 Å². The number of hydrogen-bond donors (Lipinski definition) is 0. The van der Waals surface area contributed by atoms with Gasteiger partial charge in [-0.05, 0) is 12.1 Å². The Morgan fingerprint density at radius 1 is 1.12 bits per heavy atom. The van der Waals surface area contributed by atoms with Gasteiger partial charge in [0.25, 0.3) is 5.56 Å². The Morgan fingerprint density at radius 2 is 1.92 bits per heavy atom. The minimum Gasteiger partial charge on any atom is -0.333 e. The van der Waals surface area contributed by atoms with Gasteiger partial charge in [-0.3, -0.25) is 9.78 Å². The molecule has 4 heterocycles. The number of alkyl halides is 3. The molecule has 126 valence electrons. The smallest absolute Gasteiger partial charge is 0.333 e. The Balaban J connectivity index is 2.24. The Labute approximate surface area is 137 Å². The molecule has 4 aromatic heterocycles. The molecule has 7 nitrogen and oxygen atoms in total. The fourth-order valence-corrected chi connectivity index (χ4v) is 2.69. The van der Waals surface area contributed by atoms with Crippen molar-refractivity contribution < 1.29 is 13.2 Å². The first kappa shape index (κ1) is 15.2. The number of fused-ring (bicyclic) bond motifs is 3.